The van der Waals surface area contributed by atoms with Crippen LogP contribution in [-0.4, -0.2) is 34.6 Å². The van der Waals surface area contributed by atoms with E-state index in [4.69, 9.17) is 0 Å². The lowest BCUT2D eigenvalue weighted by Crippen LogP contribution is -2.63. The van der Waals surface area contributed by atoms with Gasteiger partial charge in [-0.2, -0.15) is 0 Å². The van der Waals surface area contributed by atoms with Gasteiger partial charge in [0.1, 0.15) is 17.2 Å². The normalized spacial score (nSPS) is 15.3. The molecule has 1 heterocycles. The number of nitrogens with zero attached hydrogens (tertiary/aromatic N) is 1. The van der Waals surface area contributed by atoms with Gasteiger partial charge in [0.25, 0.3) is 5.91 Å². The fraction of sp³-hybridized carbons (Fsp3) is 0.250. The third-order valence-corrected chi connectivity index (χ3v) is 4.39. The van der Waals surface area contributed by atoms with E-state index in [-0.39, 0.29) is 35.9 Å². The van der Waals surface area contributed by atoms with E-state index in [1.54, 1.807) is 19.1 Å². The zero-order valence-corrected chi connectivity index (χ0v) is 14.4. The number of likely N-dealkylation sites (tertiary alicyclic amines) is 1. The first kappa shape index (κ1) is 18.1. The van der Waals surface area contributed by atoms with Crippen LogP contribution in [0.1, 0.15) is 22.3 Å². The number of carbonyl (C=O) groups excluding carboxylic acids is 1. The van der Waals surface area contributed by atoms with Crippen molar-refractivity contribution in [2.24, 2.45) is 0 Å². The summed E-state index contributed by atoms with van der Waals surface area (Å²) in [5, 5.41) is 13.0. The molecule has 26 heavy (non-hydrogen) atoms. The van der Waals surface area contributed by atoms with Gasteiger partial charge in [-0.25, -0.2) is 8.78 Å². The van der Waals surface area contributed by atoms with Crippen molar-refractivity contribution in [1.29, 1.82) is 0 Å². The van der Waals surface area contributed by atoms with Crippen molar-refractivity contribution in [2.45, 2.75) is 18.9 Å². The summed E-state index contributed by atoms with van der Waals surface area (Å²) in [6.07, 6.45) is 1.99. The van der Waals surface area contributed by atoms with Gasteiger partial charge >= 0.3 is 0 Å². The first-order chi connectivity index (χ1) is 12.3. The molecule has 1 fully saturated rings. The lowest BCUT2D eigenvalue weighted by atomic mass is 9.89. The van der Waals surface area contributed by atoms with Crippen LogP contribution in [0.4, 0.5) is 20.2 Å². The molecule has 0 radical (unpaired) electrons. The Hall–Kier alpha value is -2.73. The van der Waals surface area contributed by atoms with Crippen molar-refractivity contribution in [3.05, 3.63) is 71.8 Å². The third kappa shape index (κ3) is 3.60. The SMILES string of the molecule is C=CCC1(O)CN(C(=O)c2ccc(F)cc2Nc2ccc(C)cc2F)C1. The molecule has 0 unspecified atom stereocenters. The minimum atomic E-state index is -0.964. The molecule has 2 N–H and O–H groups in total. The summed E-state index contributed by atoms with van der Waals surface area (Å²) in [5.41, 5.74) is 0.338. The lowest BCUT2D eigenvalue weighted by molar-refractivity contribution is -0.0781. The van der Waals surface area contributed by atoms with Gasteiger partial charge in [0, 0.05) is 0 Å². The second-order valence-corrected chi connectivity index (χ2v) is 6.68. The average molecular weight is 358 g/mol. The highest BCUT2D eigenvalue weighted by molar-refractivity contribution is 6.01. The number of rotatable bonds is 5. The van der Waals surface area contributed by atoms with Gasteiger partial charge < -0.3 is 15.3 Å². The van der Waals surface area contributed by atoms with E-state index in [0.29, 0.717) is 6.42 Å². The summed E-state index contributed by atoms with van der Waals surface area (Å²) in [7, 11) is 0. The minimum Gasteiger partial charge on any atom is -0.386 e. The van der Waals surface area contributed by atoms with E-state index in [1.807, 2.05) is 0 Å². The van der Waals surface area contributed by atoms with E-state index in [0.717, 1.165) is 11.6 Å². The summed E-state index contributed by atoms with van der Waals surface area (Å²) >= 11 is 0. The molecule has 1 amide bonds. The number of β-amino-alcohol motifs (C(OH)–C–C–N with tert-alkyl or cyclic N) is 1. The molecule has 0 spiro atoms. The van der Waals surface area contributed by atoms with Crippen LogP contribution in [-0.2, 0) is 0 Å². The van der Waals surface area contributed by atoms with E-state index >= 15 is 0 Å². The Balaban J connectivity index is 1.84. The Bertz CT molecular complexity index is 861. The molecule has 0 aliphatic carbocycles. The minimum absolute atomic E-state index is 0.155. The number of benzene rings is 2. The topological polar surface area (TPSA) is 52.6 Å². The van der Waals surface area contributed by atoms with Crippen molar-refractivity contribution >= 4 is 17.3 Å². The second kappa shape index (κ2) is 6.88. The van der Waals surface area contributed by atoms with Crippen molar-refractivity contribution in [2.75, 3.05) is 18.4 Å². The van der Waals surface area contributed by atoms with E-state index in [9.17, 15) is 18.7 Å². The van der Waals surface area contributed by atoms with Gasteiger partial charge in [0.2, 0.25) is 0 Å². The van der Waals surface area contributed by atoms with Crippen LogP contribution in [0.25, 0.3) is 0 Å². The van der Waals surface area contributed by atoms with Crippen LogP contribution >= 0.6 is 0 Å². The summed E-state index contributed by atoms with van der Waals surface area (Å²) in [6, 6.07) is 8.31. The van der Waals surface area contributed by atoms with Gasteiger partial charge in [0.05, 0.1) is 30.0 Å². The smallest absolute Gasteiger partial charge is 0.256 e. The summed E-state index contributed by atoms with van der Waals surface area (Å²) in [6.45, 7) is 5.70. The number of hydrogen-bond donors (Lipinski definition) is 2. The van der Waals surface area contributed by atoms with Gasteiger partial charge in [-0.15, -0.1) is 6.58 Å². The predicted octanol–water partition coefficient (Wildman–Crippen LogP) is 3.78. The molecular weight excluding hydrogens is 338 g/mol. The van der Waals surface area contributed by atoms with Crippen molar-refractivity contribution in [3.8, 4) is 0 Å². The Kier molecular flexibility index (Phi) is 4.78. The second-order valence-electron chi connectivity index (χ2n) is 6.68. The van der Waals surface area contributed by atoms with Crippen LogP contribution in [0.2, 0.25) is 0 Å². The average Bonchev–Trinajstić information content (AvgIpc) is 2.55. The highest BCUT2D eigenvalue weighted by atomic mass is 19.1. The number of hydrogen-bond acceptors (Lipinski definition) is 3. The summed E-state index contributed by atoms with van der Waals surface area (Å²) in [5.74, 6) is -1.38. The fourth-order valence-electron chi connectivity index (χ4n) is 3.05. The largest absolute Gasteiger partial charge is 0.386 e. The van der Waals surface area contributed by atoms with E-state index < -0.39 is 17.2 Å². The zero-order valence-electron chi connectivity index (χ0n) is 14.4. The number of nitrogens with one attached hydrogen (secondary N) is 1. The van der Waals surface area contributed by atoms with Gasteiger partial charge in [-0.05, 0) is 49.2 Å². The standard InChI is InChI=1S/C20H20F2N2O2/c1-3-8-20(26)11-24(12-20)19(25)15-6-5-14(21)10-18(15)23-17-7-4-13(2)9-16(17)22/h3-7,9-10,23,26H,1,8,11-12H2,2H3. The summed E-state index contributed by atoms with van der Waals surface area (Å²) < 4.78 is 27.8. The summed E-state index contributed by atoms with van der Waals surface area (Å²) in [4.78, 5) is 14.2. The molecule has 0 bridgehead atoms. The van der Waals surface area contributed by atoms with E-state index in [1.165, 1.54) is 29.2 Å². The van der Waals surface area contributed by atoms with Gasteiger partial charge in [-0.3, -0.25) is 4.79 Å². The number of halogens is 2. The Morgan fingerprint density at radius 3 is 2.65 bits per heavy atom. The van der Waals surface area contributed by atoms with Gasteiger partial charge in [-0.1, -0.05) is 12.1 Å². The molecule has 1 aliphatic heterocycles. The Labute approximate surface area is 150 Å². The molecule has 0 aromatic heterocycles. The maximum absolute atomic E-state index is 14.1. The number of anilines is 2. The molecule has 4 nitrogen and oxygen atoms in total. The Morgan fingerprint density at radius 2 is 2.00 bits per heavy atom. The first-order valence-electron chi connectivity index (χ1n) is 8.26. The Morgan fingerprint density at radius 1 is 1.27 bits per heavy atom. The van der Waals surface area contributed by atoms with Crippen molar-refractivity contribution in [3.63, 3.8) is 0 Å². The monoisotopic (exact) mass is 358 g/mol. The van der Waals surface area contributed by atoms with Crippen LogP contribution in [0.3, 0.4) is 0 Å². The fourth-order valence-corrected chi connectivity index (χ4v) is 3.05. The molecule has 1 aliphatic rings. The predicted molar refractivity (Wildman–Crippen MR) is 96.5 cm³/mol. The molecule has 136 valence electrons. The highest BCUT2D eigenvalue weighted by Gasteiger charge is 2.43. The quantitative estimate of drug-likeness (QED) is 0.800. The lowest BCUT2D eigenvalue weighted by Gasteiger charge is -2.46. The maximum Gasteiger partial charge on any atom is 0.256 e. The number of amides is 1. The number of carbonyl (C=O) groups is 1. The highest BCUT2D eigenvalue weighted by Crippen LogP contribution is 2.30. The number of aliphatic hydroxyl groups is 1. The maximum atomic E-state index is 14.1. The van der Waals surface area contributed by atoms with Crippen molar-refractivity contribution < 1.29 is 18.7 Å². The molecule has 1 saturated heterocycles. The zero-order chi connectivity index (χ0) is 18.9. The van der Waals surface area contributed by atoms with Crippen LogP contribution in [0, 0.1) is 18.6 Å². The number of aryl methyl sites for hydroxylation is 1. The molecule has 2 aromatic rings. The molecule has 2 aromatic carbocycles. The first-order valence-corrected chi connectivity index (χ1v) is 8.26. The molecule has 0 saturated carbocycles. The third-order valence-electron chi connectivity index (χ3n) is 4.39. The van der Waals surface area contributed by atoms with Crippen LogP contribution < -0.4 is 5.32 Å². The molecule has 3 rings (SSSR count). The van der Waals surface area contributed by atoms with E-state index in [2.05, 4.69) is 11.9 Å². The van der Waals surface area contributed by atoms with Crippen molar-refractivity contribution in [1.82, 2.24) is 4.90 Å². The van der Waals surface area contributed by atoms with Gasteiger partial charge in [0.15, 0.2) is 0 Å². The van der Waals surface area contributed by atoms with Crippen LogP contribution in [0.15, 0.2) is 49.1 Å². The molecule has 6 heteroatoms. The molecule has 0 atom stereocenters. The van der Waals surface area contributed by atoms with Crippen LogP contribution in [0.5, 0.6) is 0 Å². The molecular formula is C20H20F2N2O2.